The third-order valence-electron chi connectivity index (χ3n) is 4.24. The van der Waals surface area contributed by atoms with E-state index in [1.54, 1.807) is 6.07 Å². The molecule has 128 valence electrons. The number of halogens is 2. The van der Waals surface area contributed by atoms with Crippen molar-refractivity contribution < 1.29 is 23.9 Å². The topological polar surface area (TPSA) is 74.7 Å². The van der Waals surface area contributed by atoms with Crippen LogP contribution in [-0.2, 0) is 11.2 Å². The second-order valence-electron chi connectivity index (χ2n) is 5.80. The standard InChI is InChI=1S/C18H13ClFNO4/c1-21-15-5-3-10(18(24)25)8-11(15)16(22)12(17(21)23)6-9-2-4-13(19)14(20)7-9/h2-5,7-8,12H,6H2,1H3,(H,24,25). The fourth-order valence-corrected chi connectivity index (χ4v) is 3.01. The van der Waals surface area contributed by atoms with Crippen LogP contribution in [0.3, 0.4) is 0 Å². The Morgan fingerprint density at radius 1 is 1.24 bits per heavy atom. The fraction of sp³-hybridized carbons (Fsp3) is 0.167. The number of carbonyl (C=O) groups excluding carboxylic acids is 2. The molecule has 1 atom stereocenters. The number of anilines is 1. The van der Waals surface area contributed by atoms with E-state index in [1.165, 1.54) is 42.3 Å². The minimum Gasteiger partial charge on any atom is -0.478 e. The van der Waals surface area contributed by atoms with Gasteiger partial charge in [0.25, 0.3) is 0 Å². The number of rotatable bonds is 3. The van der Waals surface area contributed by atoms with Crippen LogP contribution in [0.15, 0.2) is 36.4 Å². The zero-order chi connectivity index (χ0) is 18.3. The van der Waals surface area contributed by atoms with Gasteiger partial charge in [-0.3, -0.25) is 9.59 Å². The van der Waals surface area contributed by atoms with Gasteiger partial charge >= 0.3 is 5.97 Å². The van der Waals surface area contributed by atoms with Gasteiger partial charge in [-0.2, -0.15) is 0 Å². The number of Topliss-reactive ketones (excluding diaryl/α,β-unsaturated/α-hetero) is 1. The Labute approximate surface area is 147 Å². The van der Waals surface area contributed by atoms with Crippen LogP contribution in [0.5, 0.6) is 0 Å². The summed E-state index contributed by atoms with van der Waals surface area (Å²) in [6, 6.07) is 8.14. The molecule has 0 bridgehead atoms. The van der Waals surface area contributed by atoms with Gasteiger partial charge in [-0.25, -0.2) is 9.18 Å². The summed E-state index contributed by atoms with van der Waals surface area (Å²) >= 11 is 5.65. The normalized spacial score (nSPS) is 16.8. The SMILES string of the molecule is CN1C(=O)C(Cc2ccc(Cl)c(F)c2)C(=O)c2cc(C(=O)O)ccc21. The first-order chi connectivity index (χ1) is 11.8. The number of ketones is 1. The number of amides is 1. The number of aromatic carboxylic acids is 1. The molecule has 1 aliphatic heterocycles. The predicted molar refractivity (Wildman–Crippen MR) is 89.7 cm³/mol. The Bertz CT molecular complexity index is 912. The van der Waals surface area contributed by atoms with Gasteiger partial charge < -0.3 is 10.0 Å². The fourth-order valence-electron chi connectivity index (χ4n) is 2.89. The number of nitrogens with zero attached hydrogens (tertiary/aromatic N) is 1. The first-order valence-corrected chi connectivity index (χ1v) is 7.80. The molecule has 2 aromatic carbocycles. The lowest BCUT2D eigenvalue weighted by Gasteiger charge is -2.30. The summed E-state index contributed by atoms with van der Waals surface area (Å²) in [5.74, 6) is -3.72. The minimum absolute atomic E-state index is 0.00678. The molecule has 0 aliphatic carbocycles. The quantitative estimate of drug-likeness (QED) is 0.852. The highest BCUT2D eigenvalue weighted by Crippen LogP contribution is 2.32. The van der Waals surface area contributed by atoms with E-state index in [4.69, 9.17) is 16.7 Å². The summed E-state index contributed by atoms with van der Waals surface area (Å²) in [5, 5.41) is 9.06. The molecule has 25 heavy (non-hydrogen) atoms. The van der Waals surface area contributed by atoms with E-state index in [1.807, 2.05) is 0 Å². The van der Waals surface area contributed by atoms with Gasteiger partial charge in [0, 0.05) is 12.6 Å². The van der Waals surface area contributed by atoms with Gasteiger partial charge in [0.15, 0.2) is 5.78 Å². The van der Waals surface area contributed by atoms with Crippen LogP contribution >= 0.6 is 11.6 Å². The van der Waals surface area contributed by atoms with Crippen LogP contribution in [0.1, 0.15) is 26.3 Å². The predicted octanol–water partition coefficient (Wildman–Crippen LogP) is 3.20. The summed E-state index contributed by atoms with van der Waals surface area (Å²) in [5.41, 5.74) is 0.950. The molecular formula is C18H13ClFNO4. The highest BCUT2D eigenvalue weighted by Gasteiger charge is 2.38. The van der Waals surface area contributed by atoms with E-state index in [0.717, 1.165) is 0 Å². The van der Waals surface area contributed by atoms with Gasteiger partial charge in [0.1, 0.15) is 11.7 Å². The number of carboxylic acids is 1. The molecule has 0 saturated carbocycles. The zero-order valence-electron chi connectivity index (χ0n) is 13.1. The smallest absolute Gasteiger partial charge is 0.335 e. The molecule has 1 heterocycles. The number of hydrogen-bond donors (Lipinski definition) is 1. The number of fused-ring (bicyclic) bond motifs is 1. The maximum Gasteiger partial charge on any atom is 0.335 e. The molecule has 0 spiro atoms. The molecule has 0 radical (unpaired) electrons. The lowest BCUT2D eigenvalue weighted by atomic mass is 9.85. The molecule has 1 aliphatic rings. The van der Waals surface area contributed by atoms with E-state index in [9.17, 15) is 18.8 Å². The van der Waals surface area contributed by atoms with Gasteiger partial charge in [-0.05, 0) is 42.3 Å². The van der Waals surface area contributed by atoms with Crippen LogP contribution in [-0.4, -0.2) is 29.8 Å². The lowest BCUT2D eigenvalue weighted by Crippen LogP contribution is -2.43. The van der Waals surface area contributed by atoms with Gasteiger partial charge in [-0.15, -0.1) is 0 Å². The van der Waals surface area contributed by atoms with E-state index < -0.39 is 29.4 Å². The Hall–Kier alpha value is -2.73. The van der Waals surface area contributed by atoms with Gasteiger partial charge in [-0.1, -0.05) is 17.7 Å². The maximum atomic E-state index is 13.6. The second-order valence-corrected chi connectivity index (χ2v) is 6.21. The second kappa shape index (κ2) is 6.29. The molecule has 0 fully saturated rings. The average molecular weight is 362 g/mol. The van der Waals surface area contributed by atoms with Crippen molar-refractivity contribution in [1.29, 1.82) is 0 Å². The Morgan fingerprint density at radius 2 is 1.96 bits per heavy atom. The van der Waals surface area contributed by atoms with Crippen molar-refractivity contribution in [2.75, 3.05) is 11.9 Å². The van der Waals surface area contributed by atoms with E-state index in [0.29, 0.717) is 11.3 Å². The first-order valence-electron chi connectivity index (χ1n) is 7.42. The van der Waals surface area contributed by atoms with Crippen molar-refractivity contribution in [2.24, 2.45) is 5.92 Å². The molecule has 7 heteroatoms. The third-order valence-corrected chi connectivity index (χ3v) is 4.55. The Morgan fingerprint density at radius 3 is 2.60 bits per heavy atom. The Kier molecular flexibility index (Phi) is 4.30. The van der Waals surface area contributed by atoms with E-state index >= 15 is 0 Å². The van der Waals surface area contributed by atoms with Crippen LogP contribution < -0.4 is 4.90 Å². The minimum atomic E-state index is -1.16. The Balaban J connectivity index is 2.00. The summed E-state index contributed by atoms with van der Waals surface area (Å²) in [4.78, 5) is 37.7. The van der Waals surface area contributed by atoms with Crippen molar-refractivity contribution in [3.8, 4) is 0 Å². The monoisotopic (exact) mass is 361 g/mol. The van der Waals surface area contributed by atoms with Gasteiger partial charge in [0.2, 0.25) is 5.91 Å². The highest BCUT2D eigenvalue weighted by atomic mass is 35.5. The summed E-state index contributed by atoms with van der Waals surface area (Å²) in [7, 11) is 1.52. The molecule has 3 rings (SSSR count). The van der Waals surface area contributed by atoms with E-state index in [2.05, 4.69) is 0 Å². The lowest BCUT2D eigenvalue weighted by molar-refractivity contribution is -0.121. The third kappa shape index (κ3) is 3.00. The van der Waals surface area contributed by atoms with Crippen molar-refractivity contribution in [3.05, 3.63) is 63.9 Å². The summed E-state index contributed by atoms with van der Waals surface area (Å²) in [6.07, 6.45) is 0.00678. The van der Waals surface area contributed by atoms with Crippen molar-refractivity contribution in [3.63, 3.8) is 0 Å². The van der Waals surface area contributed by atoms with E-state index in [-0.39, 0.29) is 22.6 Å². The summed E-state index contributed by atoms with van der Waals surface area (Å²) < 4.78 is 13.6. The van der Waals surface area contributed by atoms with Crippen LogP contribution in [0.2, 0.25) is 5.02 Å². The first kappa shape index (κ1) is 17.1. The van der Waals surface area contributed by atoms with Gasteiger partial charge in [0.05, 0.1) is 16.3 Å². The number of carboxylic acid groups (broad SMARTS) is 1. The molecule has 5 nitrogen and oxygen atoms in total. The maximum absolute atomic E-state index is 13.6. The molecule has 1 unspecified atom stereocenters. The number of hydrogen-bond acceptors (Lipinski definition) is 3. The summed E-state index contributed by atoms with van der Waals surface area (Å²) in [6.45, 7) is 0. The molecule has 0 aromatic heterocycles. The van der Waals surface area contributed by atoms with Crippen LogP contribution in [0.4, 0.5) is 10.1 Å². The van der Waals surface area contributed by atoms with Crippen molar-refractivity contribution in [2.45, 2.75) is 6.42 Å². The zero-order valence-corrected chi connectivity index (χ0v) is 13.9. The molecule has 0 saturated heterocycles. The largest absolute Gasteiger partial charge is 0.478 e. The molecule has 1 amide bonds. The number of benzene rings is 2. The highest BCUT2D eigenvalue weighted by molar-refractivity contribution is 6.30. The average Bonchev–Trinajstić information content (AvgIpc) is 2.59. The number of carbonyl (C=O) groups is 3. The molecular weight excluding hydrogens is 349 g/mol. The van der Waals surface area contributed by atoms with Crippen LogP contribution in [0, 0.1) is 11.7 Å². The molecule has 1 N–H and O–H groups in total. The van der Waals surface area contributed by atoms with Crippen molar-refractivity contribution in [1.82, 2.24) is 0 Å². The van der Waals surface area contributed by atoms with Crippen molar-refractivity contribution >= 4 is 34.9 Å². The van der Waals surface area contributed by atoms with Crippen LogP contribution in [0.25, 0.3) is 0 Å². The molecule has 2 aromatic rings.